The van der Waals surface area contributed by atoms with Gasteiger partial charge >= 0.3 is 0 Å². The van der Waals surface area contributed by atoms with Crippen LogP contribution in [0.3, 0.4) is 0 Å². The Morgan fingerprint density at radius 1 is 1.44 bits per heavy atom. The van der Waals surface area contributed by atoms with Crippen molar-refractivity contribution < 1.29 is 8.42 Å². The molecule has 2 N–H and O–H groups in total. The number of hydrogen-bond acceptors (Lipinski definition) is 4. The summed E-state index contributed by atoms with van der Waals surface area (Å²) in [7, 11) is -3.55. The Kier molecular flexibility index (Phi) is 3.84. The molecule has 18 heavy (non-hydrogen) atoms. The third kappa shape index (κ3) is 2.80. The molecule has 0 aliphatic rings. The average molecular weight is 285 g/mol. The molecule has 2 aromatic rings. The van der Waals surface area contributed by atoms with E-state index in [1.165, 1.54) is 12.5 Å². The smallest absolute Gasteiger partial charge is 0.258 e. The van der Waals surface area contributed by atoms with E-state index in [1.54, 1.807) is 11.3 Å². The van der Waals surface area contributed by atoms with Crippen molar-refractivity contribution in [3.63, 3.8) is 0 Å². The lowest BCUT2D eigenvalue weighted by Crippen LogP contribution is -2.31. The largest absolute Gasteiger partial charge is 0.335 e. The van der Waals surface area contributed by atoms with Crippen molar-refractivity contribution in [3.05, 3.63) is 34.9 Å². The topological polar surface area (TPSA) is 74.8 Å². The maximum Gasteiger partial charge on any atom is 0.258 e. The minimum Gasteiger partial charge on any atom is -0.335 e. The molecule has 0 saturated carbocycles. The summed E-state index contributed by atoms with van der Waals surface area (Å²) in [5.41, 5.74) is 0. The van der Waals surface area contributed by atoms with Crippen LogP contribution < -0.4 is 4.72 Å². The van der Waals surface area contributed by atoms with Crippen molar-refractivity contribution in [3.8, 4) is 0 Å². The number of nitrogens with one attached hydrogen (secondary N) is 2. The molecular formula is C11H15N3O2S2. The third-order valence-corrected chi connectivity index (χ3v) is 4.88. The first-order valence-corrected chi connectivity index (χ1v) is 7.91. The van der Waals surface area contributed by atoms with Gasteiger partial charge in [-0.05, 0) is 17.4 Å². The van der Waals surface area contributed by atoms with Gasteiger partial charge in [0.1, 0.15) is 0 Å². The van der Waals surface area contributed by atoms with Crippen LogP contribution in [0.15, 0.2) is 35.1 Å². The Labute approximate surface area is 110 Å². The number of aromatic nitrogens is 2. The van der Waals surface area contributed by atoms with Crippen LogP contribution in [0.5, 0.6) is 0 Å². The zero-order chi connectivity index (χ0) is 13.2. The predicted molar refractivity (Wildman–Crippen MR) is 70.8 cm³/mol. The Balaban J connectivity index is 2.26. The molecule has 0 fully saturated rings. The Hall–Kier alpha value is -1.18. The van der Waals surface area contributed by atoms with Gasteiger partial charge in [0, 0.05) is 4.88 Å². The molecule has 7 heteroatoms. The molecule has 0 spiro atoms. The van der Waals surface area contributed by atoms with Crippen molar-refractivity contribution in [2.75, 3.05) is 0 Å². The van der Waals surface area contributed by atoms with Crippen molar-refractivity contribution >= 4 is 21.4 Å². The fourth-order valence-electron chi connectivity index (χ4n) is 1.61. The molecule has 0 radical (unpaired) electrons. The first-order chi connectivity index (χ1) is 8.50. The molecule has 2 heterocycles. The summed E-state index contributed by atoms with van der Waals surface area (Å²) < 4.78 is 27.0. The summed E-state index contributed by atoms with van der Waals surface area (Å²) >= 11 is 1.54. The summed E-state index contributed by atoms with van der Waals surface area (Å²) in [5.74, 6) is 0.168. The molecule has 0 amide bonds. The Bertz CT molecular complexity index is 574. The van der Waals surface area contributed by atoms with Crippen molar-refractivity contribution in [2.24, 2.45) is 5.92 Å². The number of thiophene rings is 1. The van der Waals surface area contributed by atoms with Gasteiger partial charge in [-0.2, -0.15) is 0 Å². The highest BCUT2D eigenvalue weighted by molar-refractivity contribution is 7.89. The lowest BCUT2D eigenvalue weighted by atomic mass is 10.0. The van der Waals surface area contributed by atoms with Gasteiger partial charge in [-0.25, -0.2) is 18.1 Å². The van der Waals surface area contributed by atoms with Gasteiger partial charge in [0.15, 0.2) is 5.03 Å². The molecule has 0 saturated heterocycles. The van der Waals surface area contributed by atoms with Gasteiger partial charge < -0.3 is 4.98 Å². The average Bonchev–Trinajstić information content (AvgIpc) is 2.98. The summed E-state index contributed by atoms with van der Waals surface area (Å²) in [6.07, 6.45) is 2.65. The van der Waals surface area contributed by atoms with Gasteiger partial charge in [0.2, 0.25) is 0 Å². The highest BCUT2D eigenvalue weighted by Crippen LogP contribution is 2.27. The molecule has 1 unspecified atom stereocenters. The summed E-state index contributed by atoms with van der Waals surface area (Å²) in [6.45, 7) is 3.97. The van der Waals surface area contributed by atoms with Crippen LogP contribution in [-0.2, 0) is 10.0 Å². The summed E-state index contributed by atoms with van der Waals surface area (Å²) in [4.78, 5) is 7.35. The van der Waals surface area contributed by atoms with E-state index in [0.29, 0.717) is 0 Å². The van der Waals surface area contributed by atoms with Crippen LogP contribution in [0.25, 0.3) is 0 Å². The number of nitrogens with zero attached hydrogens (tertiary/aromatic N) is 1. The molecule has 2 aromatic heterocycles. The van der Waals surface area contributed by atoms with E-state index in [4.69, 9.17) is 0 Å². The standard InChI is InChI=1S/C11H15N3O2S2/c1-8(2)11(9-4-3-5-17-9)14-18(15,16)10-6-12-7-13-10/h3-8,11,14H,1-2H3,(H,12,13). The number of hydrogen-bond donors (Lipinski definition) is 2. The van der Waals surface area contributed by atoms with Crippen LogP contribution >= 0.6 is 11.3 Å². The molecular weight excluding hydrogens is 270 g/mol. The maximum atomic E-state index is 12.1. The minimum absolute atomic E-state index is 0.0877. The quantitative estimate of drug-likeness (QED) is 0.884. The highest BCUT2D eigenvalue weighted by Gasteiger charge is 2.25. The predicted octanol–water partition coefficient (Wildman–Crippen LogP) is 2.15. The summed E-state index contributed by atoms with van der Waals surface area (Å²) in [5, 5.41) is 2.03. The van der Waals surface area contributed by atoms with Crippen molar-refractivity contribution in [1.82, 2.24) is 14.7 Å². The molecule has 0 aliphatic carbocycles. The lowest BCUT2D eigenvalue weighted by Gasteiger charge is -2.20. The molecule has 0 aliphatic heterocycles. The van der Waals surface area contributed by atoms with Crippen molar-refractivity contribution in [2.45, 2.75) is 24.9 Å². The molecule has 2 rings (SSSR count). The van der Waals surface area contributed by atoms with Gasteiger partial charge in [-0.1, -0.05) is 19.9 Å². The van der Waals surface area contributed by atoms with E-state index in [2.05, 4.69) is 14.7 Å². The Morgan fingerprint density at radius 2 is 2.22 bits per heavy atom. The SMILES string of the molecule is CC(C)C(NS(=O)(=O)c1cnc[nH]1)c1cccs1. The second-order valence-corrected chi connectivity index (χ2v) is 6.94. The highest BCUT2D eigenvalue weighted by atomic mass is 32.2. The number of rotatable bonds is 5. The first-order valence-electron chi connectivity index (χ1n) is 5.55. The number of sulfonamides is 1. The van der Waals surface area contributed by atoms with Gasteiger partial charge in [0.05, 0.1) is 18.6 Å². The van der Waals surface area contributed by atoms with Crippen LogP contribution in [0.1, 0.15) is 24.8 Å². The minimum atomic E-state index is -3.55. The number of aromatic amines is 1. The van der Waals surface area contributed by atoms with E-state index in [-0.39, 0.29) is 17.0 Å². The van der Waals surface area contributed by atoms with Gasteiger partial charge in [-0.3, -0.25) is 0 Å². The van der Waals surface area contributed by atoms with Gasteiger partial charge in [0.25, 0.3) is 10.0 Å². The van der Waals surface area contributed by atoms with E-state index < -0.39 is 10.0 Å². The molecule has 1 atom stereocenters. The van der Waals surface area contributed by atoms with E-state index in [1.807, 2.05) is 31.4 Å². The molecule has 5 nitrogen and oxygen atoms in total. The van der Waals surface area contributed by atoms with E-state index >= 15 is 0 Å². The molecule has 0 bridgehead atoms. The zero-order valence-electron chi connectivity index (χ0n) is 10.1. The van der Waals surface area contributed by atoms with E-state index in [0.717, 1.165) is 4.88 Å². The lowest BCUT2D eigenvalue weighted by molar-refractivity contribution is 0.468. The second kappa shape index (κ2) is 5.21. The molecule has 0 aromatic carbocycles. The normalized spacial score (nSPS) is 13.9. The fourth-order valence-corrected chi connectivity index (χ4v) is 3.90. The van der Waals surface area contributed by atoms with Crippen LogP contribution in [-0.4, -0.2) is 18.4 Å². The van der Waals surface area contributed by atoms with Crippen LogP contribution in [0.4, 0.5) is 0 Å². The third-order valence-electron chi connectivity index (χ3n) is 2.56. The van der Waals surface area contributed by atoms with Crippen molar-refractivity contribution in [1.29, 1.82) is 0 Å². The van der Waals surface area contributed by atoms with Gasteiger partial charge in [-0.15, -0.1) is 11.3 Å². The summed E-state index contributed by atoms with van der Waals surface area (Å²) in [6, 6.07) is 3.63. The van der Waals surface area contributed by atoms with Crippen LogP contribution in [0, 0.1) is 5.92 Å². The zero-order valence-corrected chi connectivity index (χ0v) is 11.8. The Morgan fingerprint density at radius 3 is 2.72 bits per heavy atom. The fraction of sp³-hybridized carbons (Fsp3) is 0.364. The monoisotopic (exact) mass is 285 g/mol. The number of imidazole rings is 1. The van der Waals surface area contributed by atoms with Crippen LogP contribution in [0.2, 0.25) is 0 Å². The second-order valence-electron chi connectivity index (χ2n) is 4.27. The molecule has 98 valence electrons. The van der Waals surface area contributed by atoms with E-state index in [9.17, 15) is 8.42 Å². The first kappa shape index (κ1) is 13.3. The maximum absolute atomic E-state index is 12.1. The number of H-pyrrole nitrogens is 1.